The first kappa shape index (κ1) is 16.6. The van der Waals surface area contributed by atoms with E-state index in [1.165, 1.54) is 0 Å². The van der Waals surface area contributed by atoms with Gasteiger partial charge in [-0.25, -0.2) is 4.79 Å². The Bertz CT molecular complexity index is 466. The van der Waals surface area contributed by atoms with Crippen molar-refractivity contribution in [1.29, 1.82) is 0 Å². The molecule has 0 aliphatic heterocycles. The quantitative estimate of drug-likeness (QED) is 0.598. The molecule has 0 bridgehead atoms. The van der Waals surface area contributed by atoms with Crippen molar-refractivity contribution in [3.8, 4) is 0 Å². The predicted molar refractivity (Wildman–Crippen MR) is 81.4 cm³/mol. The Kier molecular flexibility index (Phi) is 6.61. The molecule has 1 unspecified atom stereocenters. The molecule has 1 aromatic carbocycles. The molecule has 1 aromatic rings. The minimum absolute atomic E-state index is 0.281. The van der Waals surface area contributed by atoms with E-state index in [2.05, 4.69) is 5.32 Å². The Hall–Kier alpha value is -1.46. The number of rotatable bonds is 7. The van der Waals surface area contributed by atoms with Crippen molar-refractivity contribution >= 4 is 28.9 Å². The van der Waals surface area contributed by atoms with Crippen LogP contribution in [0, 0.1) is 5.92 Å². The maximum Gasteiger partial charge on any atom is 0.340 e. The Balaban J connectivity index is 2.95. The lowest BCUT2D eigenvalue weighted by Crippen LogP contribution is -2.18. The van der Waals surface area contributed by atoms with Gasteiger partial charge in [-0.2, -0.15) is 0 Å². The largest absolute Gasteiger partial charge is 0.462 e. The molecule has 1 rings (SSSR count). The number of esters is 1. The van der Waals surface area contributed by atoms with E-state index in [0.29, 0.717) is 41.7 Å². The number of carbonyl (C=O) groups is 1. The molecule has 0 saturated carbocycles. The Morgan fingerprint density at radius 2 is 2.20 bits per heavy atom. The molecule has 5 nitrogen and oxygen atoms in total. The first-order valence-electron chi connectivity index (χ1n) is 6.48. The van der Waals surface area contributed by atoms with Gasteiger partial charge in [-0.15, -0.1) is 0 Å². The normalized spacial score (nSPS) is 12.0. The van der Waals surface area contributed by atoms with Crippen LogP contribution in [0.5, 0.6) is 0 Å². The molecule has 0 aromatic heterocycles. The highest BCUT2D eigenvalue weighted by molar-refractivity contribution is 6.34. The summed E-state index contributed by atoms with van der Waals surface area (Å²) < 4.78 is 10.1. The minimum Gasteiger partial charge on any atom is -0.462 e. The summed E-state index contributed by atoms with van der Waals surface area (Å²) in [4.78, 5) is 11.9. The third-order valence-electron chi connectivity index (χ3n) is 2.69. The Morgan fingerprint density at radius 3 is 2.80 bits per heavy atom. The zero-order chi connectivity index (χ0) is 15.1. The lowest BCUT2D eigenvalue weighted by Gasteiger charge is -2.17. The second kappa shape index (κ2) is 7.97. The van der Waals surface area contributed by atoms with E-state index < -0.39 is 5.97 Å². The molecule has 0 radical (unpaired) electrons. The van der Waals surface area contributed by atoms with Crippen molar-refractivity contribution in [2.24, 2.45) is 5.92 Å². The van der Waals surface area contributed by atoms with Gasteiger partial charge in [-0.05, 0) is 25.0 Å². The smallest absolute Gasteiger partial charge is 0.340 e. The van der Waals surface area contributed by atoms with Crippen LogP contribution in [-0.2, 0) is 9.47 Å². The van der Waals surface area contributed by atoms with Crippen LogP contribution in [0.25, 0.3) is 0 Å². The molecule has 3 N–H and O–H groups in total. The van der Waals surface area contributed by atoms with Crippen LogP contribution in [0.1, 0.15) is 24.2 Å². The summed E-state index contributed by atoms with van der Waals surface area (Å²) in [6, 6.07) is 3.17. The molecule has 1 atom stereocenters. The maximum atomic E-state index is 11.9. The SMILES string of the molecule is CCOC(=O)c1cc(N)cc(Cl)c1NCC(C)COC. The third kappa shape index (κ3) is 4.58. The number of methoxy groups -OCH3 is 1. The van der Waals surface area contributed by atoms with Crippen LogP contribution in [0.15, 0.2) is 12.1 Å². The molecule has 6 heteroatoms. The van der Waals surface area contributed by atoms with Gasteiger partial charge in [0.1, 0.15) is 0 Å². The number of nitrogens with two attached hydrogens (primary N) is 1. The van der Waals surface area contributed by atoms with E-state index in [-0.39, 0.29) is 5.92 Å². The zero-order valence-corrected chi connectivity index (χ0v) is 12.8. The van der Waals surface area contributed by atoms with E-state index in [0.717, 1.165) is 0 Å². The van der Waals surface area contributed by atoms with E-state index in [4.69, 9.17) is 26.8 Å². The molecular weight excluding hydrogens is 280 g/mol. The number of hydrogen-bond donors (Lipinski definition) is 2. The standard InChI is InChI=1S/C14H21ClN2O3/c1-4-20-14(18)11-5-10(16)6-12(15)13(11)17-7-9(2)8-19-3/h5-6,9,17H,4,7-8,16H2,1-3H3. The highest BCUT2D eigenvalue weighted by Gasteiger charge is 2.17. The van der Waals surface area contributed by atoms with E-state index in [1.807, 2.05) is 6.92 Å². The summed E-state index contributed by atoms with van der Waals surface area (Å²) >= 11 is 6.16. The van der Waals surface area contributed by atoms with Gasteiger partial charge in [0.05, 0.1) is 29.5 Å². The first-order chi connectivity index (χ1) is 9.49. The second-order valence-electron chi connectivity index (χ2n) is 4.59. The van der Waals surface area contributed by atoms with Crippen LogP contribution in [0.4, 0.5) is 11.4 Å². The molecule has 0 aliphatic rings. The number of ether oxygens (including phenoxy) is 2. The fourth-order valence-corrected chi connectivity index (χ4v) is 2.09. The molecular formula is C14H21ClN2O3. The molecule has 0 aliphatic carbocycles. The molecule has 0 amide bonds. The number of hydrogen-bond acceptors (Lipinski definition) is 5. The average Bonchev–Trinajstić information content (AvgIpc) is 2.37. The molecule has 0 fully saturated rings. The van der Waals surface area contributed by atoms with Gasteiger partial charge in [0.25, 0.3) is 0 Å². The van der Waals surface area contributed by atoms with Gasteiger partial charge in [-0.1, -0.05) is 18.5 Å². The number of nitrogens with one attached hydrogen (secondary N) is 1. The van der Waals surface area contributed by atoms with Crippen molar-refractivity contribution in [2.45, 2.75) is 13.8 Å². The van der Waals surface area contributed by atoms with E-state index in [1.54, 1.807) is 26.2 Å². The summed E-state index contributed by atoms with van der Waals surface area (Å²) in [6.45, 7) is 5.33. The third-order valence-corrected chi connectivity index (χ3v) is 2.98. The summed E-state index contributed by atoms with van der Waals surface area (Å²) in [6.07, 6.45) is 0. The van der Waals surface area contributed by atoms with Gasteiger partial charge < -0.3 is 20.5 Å². The van der Waals surface area contributed by atoms with E-state index in [9.17, 15) is 4.79 Å². The lowest BCUT2D eigenvalue weighted by atomic mass is 10.1. The number of benzene rings is 1. The van der Waals surface area contributed by atoms with Crippen LogP contribution in [0.3, 0.4) is 0 Å². The summed E-state index contributed by atoms with van der Waals surface area (Å²) in [7, 11) is 1.65. The second-order valence-corrected chi connectivity index (χ2v) is 4.99. The van der Waals surface area contributed by atoms with Gasteiger partial charge >= 0.3 is 5.97 Å². The maximum absolute atomic E-state index is 11.9. The molecule has 112 valence electrons. The fourth-order valence-electron chi connectivity index (χ4n) is 1.80. The van der Waals surface area contributed by atoms with Crippen LogP contribution in [0.2, 0.25) is 5.02 Å². The molecule has 20 heavy (non-hydrogen) atoms. The van der Waals surface area contributed by atoms with Crippen molar-refractivity contribution in [1.82, 2.24) is 0 Å². The number of nitrogen functional groups attached to an aromatic ring is 1. The molecule has 0 saturated heterocycles. The molecule has 0 heterocycles. The van der Waals surface area contributed by atoms with Gasteiger partial charge in [-0.3, -0.25) is 0 Å². The highest BCUT2D eigenvalue weighted by Crippen LogP contribution is 2.30. The van der Waals surface area contributed by atoms with Crippen LogP contribution < -0.4 is 11.1 Å². The Morgan fingerprint density at radius 1 is 1.50 bits per heavy atom. The topological polar surface area (TPSA) is 73.6 Å². The minimum atomic E-state index is -0.441. The van der Waals surface area contributed by atoms with Gasteiger partial charge in [0.15, 0.2) is 0 Å². The predicted octanol–water partition coefficient (Wildman–Crippen LogP) is 2.79. The first-order valence-corrected chi connectivity index (χ1v) is 6.86. The zero-order valence-electron chi connectivity index (χ0n) is 12.0. The van der Waals surface area contributed by atoms with Crippen molar-refractivity contribution in [3.05, 3.63) is 22.7 Å². The van der Waals surface area contributed by atoms with E-state index >= 15 is 0 Å². The number of halogens is 1. The highest BCUT2D eigenvalue weighted by atomic mass is 35.5. The Labute approximate surface area is 124 Å². The number of anilines is 2. The van der Waals surface area contributed by atoms with Gasteiger partial charge in [0, 0.05) is 19.3 Å². The summed E-state index contributed by atoms with van der Waals surface area (Å²) in [5.74, 6) is -0.160. The van der Waals surface area contributed by atoms with Crippen LogP contribution >= 0.6 is 11.6 Å². The lowest BCUT2D eigenvalue weighted by molar-refractivity contribution is 0.0527. The van der Waals surface area contributed by atoms with Crippen molar-refractivity contribution < 1.29 is 14.3 Å². The van der Waals surface area contributed by atoms with Crippen molar-refractivity contribution in [3.63, 3.8) is 0 Å². The average molecular weight is 301 g/mol. The van der Waals surface area contributed by atoms with Gasteiger partial charge in [0.2, 0.25) is 0 Å². The van der Waals surface area contributed by atoms with Crippen LogP contribution in [-0.4, -0.2) is 32.8 Å². The summed E-state index contributed by atoms with van der Waals surface area (Å²) in [5, 5.41) is 3.56. The number of carbonyl (C=O) groups excluding carboxylic acids is 1. The monoisotopic (exact) mass is 300 g/mol. The summed E-state index contributed by atoms with van der Waals surface area (Å²) in [5.41, 5.74) is 7.04. The fraction of sp³-hybridized carbons (Fsp3) is 0.500. The molecule has 0 spiro atoms. The van der Waals surface area contributed by atoms with Crippen molar-refractivity contribution in [2.75, 3.05) is 37.9 Å².